The lowest BCUT2D eigenvalue weighted by Crippen LogP contribution is -2.41. The summed E-state index contributed by atoms with van der Waals surface area (Å²) >= 11 is 0. The molecule has 0 unspecified atom stereocenters. The van der Waals surface area contributed by atoms with Crippen LogP contribution in [0.2, 0.25) is 0 Å². The number of rotatable bonds is 3. The summed E-state index contributed by atoms with van der Waals surface area (Å²) in [4.78, 5) is 0. The molecule has 96 valence electrons. The third-order valence-electron chi connectivity index (χ3n) is 4.48. The highest BCUT2D eigenvalue weighted by Crippen LogP contribution is 2.49. The highest BCUT2D eigenvalue weighted by atomic mass is 16.5. The van der Waals surface area contributed by atoms with Crippen LogP contribution in [0.5, 0.6) is 5.75 Å². The lowest BCUT2D eigenvalue weighted by molar-refractivity contribution is 0.246. The van der Waals surface area contributed by atoms with E-state index in [-0.39, 0.29) is 5.41 Å². The van der Waals surface area contributed by atoms with Crippen molar-refractivity contribution in [1.29, 1.82) is 0 Å². The molecule has 0 atom stereocenters. The highest BCUT2D eigenvalue weighted by molar-refractivity contribution is 5.87. The molecule has 1 aromatic carbocycles. The minimum absolute atomic E-state index is 0.131. The summed E-state index contributed by atoms with van der Waals surface area (Å²) in [5.41, 5.74) is 8.76. The molecule has 0 saturated heterocycles. The molecular weight excluding hydrogens is 224 g/mol. The van der Waals surface area contributed by atoms with Crippen LogP contribution in [0.25, 0.3) is 10.9 Å². The molecule has 1 fully saturated rings. The summed E-state index contributed by atoms with van der Waals surface area (Å²) < 4.78 is 7.74. The minimum atomic E-state index is 0.131. The van der Waals surface area contributed by atoms with Crippen molar-refractivity contribution in [3.8, 4) is 5.75 Å². The van der Waals surface area contributed by atoms with E-state index < -0.39 is 0 Å². The molecule has 0 radical (unpaired) electrons. The molecule has 0 bridgehead atoms. The van der Waals surface area contributed by atoms with Crippen LogP contribution in [0.1, 0.15) is 24.8 Å². The summed E-state index contributed by atoms with van der Waals surface area (Å²) in [6.07, 6.45) is 5.72. The number of nitrogens with two attached hydrogens (primary N) is 1. The van der Waals surface area contributed by atoms with Gasteiger partial charge in [0, 0.05) is 41.7 Å². The Hall–Kier alpha value is -1.48. The van der Waals surface area contributed by atoms with Crippen LogP contribution in [0.15, 0.2) is 24.4 Å². The summed E-state index contributed by atoms with van der Waals surface area (Å²) in [7, 11) is 3.82. The van der Waals surface area contributed by atoms with Gasteiger partial charge in [0.1, 0.15) is 5.75 Å². The summed E-state index contributed by atoms with van der Waals surface area (Å²) in [6.45, 7) is 0.706. The van der Waals surface area contributed by atoms with Crippen LogP contribution in [0, 0.1) is 0 Å². The average Bonchev–Trinajstić information content (AvgIpc) is 2.71. The lowest BCUT2D eigenvalue weighted by atomic mass is 9.63. The van der Waals surface area contributed by atoms with Gasteiger partial charge in [0.15, 0.2) is 0 Å². The van der Waals surface area contributed by atoms with E-state index in [0.29, 0.717) is 6.54 Å². The molecule has 3 rings (SSSR count). The Kier molecular flexibility index (Phi) is 2.59. The molecule has 18 heavy (non-hydrogen) atoms. The number of hydrogen-bond donors (Lipinski definition) is 1. The fourth-order valence-electron chi connectivity index (χ4n) is 3.21. The Morgan fingerprint density at radius 1 is 1.33 bits per heavy atom. The number of aryl methyl sites for hydroxylation is 1. The number of ether oxygens (including phenoxy) is 1. The summed E-state index contributed by atoms with van der Waals surface area (Å²) in [5, 5.41) is 1.29. The van der Waals surface area contributed by atoms with E-state index in [2.05, 4.69) is 36.0 Å². The zero-order valence-corrected chi connectivity index (χ0v) is 11.1. The number of hydrogen-bond acceptors (Lipinski definition) is 2. The van der Waals surface area contributed by atoms with Crippen LogP contribution in [-0.2, 0) is 12.5 Å². The topological polar surface area (TPSA) is 40.2 Å². The van der Waals surface area contributed by atoms with Crippen LogP contribution in [-0.4, -0.2) is 18.2 Å². The van der Waals surface area contributed by atoms with Crippen molar-refractivity contribution in [3.63, 3.8) is 0 Å². The highest BCUT2D eigenvalue weighted by Gasteiger charge is 2.40. The van der Waals surface area contributed by atoms with Crippen LogP contribution in [0.3, 0.4) is 0 Å². The molecule has 0 spiro atoms. The second-order valence-corrected chi connectivity index (χ2v) is 5.34. The van der Waals surface area contributed by atoms with Gasteiger partial charge >= 0.3 is 0 Å². The van der Waals surface area contributed by atoms with Gasteiger partial charge in [-0.05, 0) is 31.0 Å². The van der Waals surface area contributed by atoms with E-state index in [9.17, 15) is 0 Å². The van der Waals surface area contributed by atoms with Gasteiger partial charge < -0.3 is 15.0 Å². The van der Waals surface area contributed by atoms with Gasteiger partial charge in [-0.1, -0.05) is 6.42 Å². The van der Waals surface area contributed by atoms with Crippen molar-refractivity contribution in [2.75, 3.05) is 13.7 Å². The van der Waals surface area contributed by atoms with Crippen LogP contribution >= 0.6 is 0 Å². The van der Waals surface area contributed by atoms with Gasteiger partial charge in [0.05, 0.1) is 7.11 Å². The molecule has 2 aromatic rings. The number of methoxy groups -OCH3 is 1. The third-order valence-corrected chi connectivity index (χ3v) is 4.48. The second kappa shape index (κ2) is 4.02. The number of fused-ring (bicyclic) bond motifs is 1. The van der Waals surface area contributed by atoms with E-state index >= 15 is 0 Å². The second-order valence-electron chi connectivity index (χ2n) is 5.34. The molecule has 3 nitrogen and oxygen atoms in total. The Morgan fingerprint density at radius 3 is 2.67 bits per heavy atom. The minimum Gasteiger partial charge on any atom is -0.496 e. The number of benzene rings is 1. The first-order valence-corrected chi connectivity index (χ1v) is 6.54. The quantitative estimate of drug-likeness (QED) is 0.901. The zero-order valence-electron chi connectivity index (χ0n) is 11.1. The van der Waals surface area contributed by atoms with Crippen LogP contribution in [0.4, 0.5) is 0 Å². The van der Waals surface area contributed by atoms with Crippen molar-refractivity contribution >= 4 is 10.9 Å². The van der Waals surface area contributed by atoms with Crippen molar-refractivity contribution < 1.29 is 4.74 Å². The van der Waals surface area contributed by atoms with Crippen molar-refractivity contribution in [3.05, 3.63) is 30.0 Å². The van der Waals surface area contributed by atoms with Gasteiger partial charge in [-0.3, -0.25) is 0 Å². The predicted molar refractivity (Wildman–Crippen MR) is 74.1 cm³/mol. The Balaban J connectivity index is 2.30. The molecule has 2 N–H and O–H groups in total. The normalized spacial score (nSPS) is 17.7. The van der Waals surface area contributed by atoms with Crippen molar-refractivity contribution in [2.45, 2.75) is 24.7 Å². The van der Waals surface area contributed by atoms with Gasteiger partial charge in [-0.25, -0.2) is 0 Å². The van der Waals surface area contributed by atoms with E-state index in [4.69, 9.17) is 10.5 Å². The maximum atomic E-state index is 6.06. The van der Waals surface area contributed by atoms with E-state index in [1.807, 2.05) is 0 Å². The van der Waals surface area contributed by atoms with Gasteiger partial charge in [0.2, 0.25) is 0 Å². The molecular formula is C15H20N2O. The number of aromatic nitrogens is 1. The first-order chi connectivity index (χ1) is 8.72. The standard InChI is InChI=1S/C15H20N2O/c1-17-9-6-11-12(17)4-5-13(18-2)14(11)15(10-16)7-3-8-15/h4-6,9H,3,7-8,10,16H2,1-2H3. The maximum Gasteiger partial charge on any atom is 0.123 e. The van der Waals surface area contributed by atoms with Crippen LogP contribution < -0.4 is 10.5 Å². The molecule has 1 aliphatic rings. The Morgan fingerprint density at radius 2 is 2.11 bits per heavy atom. The summed E-state index contributed by atoms with van der Waals surface area (Å²) in [6, 6.07) is 6.39. The smallest absolute Gasteiger partial charge is 0.123 e. The largest absolute Gasteiger partial charge is 0.496 e. The third kappa shape index (κ3) is 1.40. The predicted octanol–water partition coefficient (Wildman–Crippen LogP) is 2.57. The van der Waals surface area contributed by atoms with E-state index in [0.717, 1.165) is 5.75 Å². The first kappa shape index (κ1) is 11.6. The zero-order chi connectivity index (χ0) is 12.8. The van der Waals surface area contributed by atoms with Crippen molar-refractivity contribution in [2.24, 2.45) is 12.8 Å². The monoisotopic (exact) mass is 244 g/mol. The molecule has 0 aliphatic heterocycles. The van der Waals surface area contributed by atoms with E-state index in [1.165, 1.54) is 35.7 Å². The first-order valence-electron chi connectivity index (χ1n) is 6.54. The number of nitrogens with zero attached hydrogens (tertiary/aromatic N) is 1. The van der Waals surface area contributed by atoms with Crippen molar-refractivity contribution in [1.82, 2.24) is 4.57 Å². The van der Waals surface area contributed by atoms with Gasteiger partial charge in [-0.15, -0.1) is 0 Å². The molecule has 1 saturated carbocycles. The molecule has 1 heterocycles. The summed E-state index contributed by atoms with van der Waals surface area (Å²) in [5.74, 6) is 0.985. The molecule has 1 aliphatic carbocycles. The maximum absolute atomic E-state index is 6.06. The fraction of sp³-hybridized carbons (Fsp3) is 0.467. The fourth-order valence-corrected chi connectivity index (χ4v) is 3.21. The van der Waals surface area contributed by atoms with E-state index in [1.54, 1.807) is 7.11 Å². The van der Waals surface area contributed by atoms with Gasteiger partial charge in [-0.2, -0.15) is 0 Å². The molecule has 0 amide bonds. The lowest BCUT2D eigenvalue weighted by Gasteiger charge is -2.42. The Bertz CT molecular complexity index is 576. The average molecular weight is 244 g/mol. The van der Waals surface area contributed by atoms with Gasteiger partial charge in [0.25, 0.3) is 0 Å². The molecule has 1 aromatic heterocycles. The SMILES string of the molecule is COc1ccc2c(ccn2C)c1C1(CN)CCC1. The Labute approximate surface area is 108 Å². The molecule has 3 heteroatoms.